The van der Waals surface area contributed by atoms with Crippen molar-refractivity contribution in [3.05, 3.63) is 60.2 Å². The Morgan fingerprint density at radius 2 is 1.48 bits per heavy atom. The third-order valence-corrected chi connectivity index (χ3v) is 4.47. The van der Waals surface area contributed by atoms with Crippen LogP contribution in [0.3, 0.4) is 0 Å². The van der Waals surface area contributed by atoms with Gasteiger partial charge in [-0.1, -0.05) is 67.4 Å². The Morgan fingerprint density at radius 1 is 0.762 bits per heavy atom. The average Bonchev–Trinajstić information content (AvgIpc) is 2.52. The minimum absolute atomic E-state index is 0.419. The van der Waals surface area contributed by atoms with Gasteiger partial charge in [-0.3, -0.25) is 4.79 Å². The van der Waals surface area contributed by atoms with Crippen molar-refractivity contribution in [2.24, 2.45) is 0 Å². The number of Topliss-reactive ketones (excluding diaryl/α,β-unsaturated/α-hetero) is 1. The zero-order chi connectivity index (χ0) is 14.5. The fourth-order valence-electron chi connectivity index (χ4n) is 3.23. The van der Waals surface area contributed by atoms with Gasteiger partial charge in [-0.05, 0) is 35.4 Å². The van der Waals surface area contributed by atoms with Crippen LogP contribution >= 0.6 is 0 Å². The number of carbonyl (C=O) groups excluding carboxylic acids is 1. The molecule has 0 heterocycles. The van der Waals surface area contributed by atoms with Gasteiger partial charge < -0.3 is 0 Å². The molecule has 0 radical (unpaired) electrons. The Labute approximate surface area is 127 Å². The zero-order valence-corrected chi connectivity index (χ0v) is 12.4. The second-order valence-corrected chi connectivity index (χ2v) is 6.03. The summed E-state index contributed by atoms with van der Waals surface area (Å²) in [6.07, 6.45) is 6.18. The maximum atomic E-state index is 11.9. The van der Waals surface area contributed by atoms with Crippen molar-refractivity contribution >= 4 is 5.78 Å². The predicted octanol–water partition coefficient (Wildman–Crippen LogP) is 5.36. The van der Waals surface area contributed by atoms with E-state index in [1.807, 2.05) is 6.07 Å². The first-order chi connectivity index (χ1) is 10.3. The molecule has 0 saturated heterocycles. The molecule has 1 nitrogen and oxygen atoms in total. The molecule has 1 atom stereocenters. The molecule has 0 aliphatic heterocycles. The molecule has 0 bridgehead atoms. The van der Waals surface area contributed by atoms with Crippen LogP contribution in [0, 0.1) is 0 Å². The standard InChI is InChI=1S/C20H22O/c21-20-10-6-2-5-9-19(15-20)18-13-11-17(12-14-18)16-7-3-1-4-8-16/h1,3-4,7-8,11-14,19H,2,5-6,9-10,15H2. The highest BCUT2D eigenvalue weighted by molar-refractivity contribution is 5.79. The highest BCUT2D eigenvalue weighted by atomic mass is 16.1. The summed E-state index contributed by atoms with van der Waals surface area (Å²) in [5.41, 5.74) is 3.82. The molecule has 108 valence electrons. The van der Waals surface area contributed by atoms with E-state index >= 15 is 0 Å². The molecule has 1 unspecified atom stereocenters. The number of hydrogen-bond acceptors (Lipinski definition) is 1. The van der Waals surface area contributed by atoms with E-state index in [0.717, 1.165) is 25.7 Å². The quantitative estimate of drug-likeness (QED) is 0.722. The van der Waals surface area contributed by atoms with Crippen LogP contribution in [0.4, 0.5) is 0 Å². The molecule has 2 aromatic carbocycles. The Kier molecular flexibility index (Phi) is 4.49. The second kappa shape index (κ2) is 6.71. The van der Waals surface area contributed by atoms with Crippen LogP contribution in [-0.4, -0.2) is 5.78 Å². The van der Waals surface area contributed by atoms with Gasteiger partial charge in [0.1, 0.15) is 5.78 Å². The molecular weight excluding hydrogens is 256 g/mol. The van der Waals surface area contributed by atoms with Crippen LogP contribution in [-0.2, 0) is 4.79 Å². The summed E-state index contributed by atoms with van der Waals surface area (Å²) in [6.45, 7) is 0. The van der Waals surface area contributed by atoms with E-state index in [9.17, 15) is 4.79 Å². The minimum Gasteiger partial charge on any atom is -0.300 e. The van der Waals surface area contributed by atoms with Crippen LogP contribution in [0.25, 0.3) is 11.1 Å². The second-order valence-electron chi connectivity index (χ2n) is 6.03. The summed E-state index contributed by atoms with van der Waals surface area (Å²) in [5.74, 6) is 0.856. The van der Waals surface area contributed by atoms with Gasteiger partial charge in [-0.2, -0.15) is 0 Å². The molecule has 2 aromatic rings. The van der Waals surface area contributed by atoms with E-state index in [2.05, 4.69) is 48.5 Å². The number of hydrogen-bond donors (Lipinski definition) is 0. The van der Waals surface area contributed by atoms with Crippen molar-refractivity contribution in [2.45, 2.75) is 44.4 Å². The fraction of sp³-hybridized carbons (Fsp3) is 0.350. The third kappa shape index (κ3) is 3.60. The lowest BCUT2D eigenvalue weighted by Gasteiger charge is -2.19. The van der Waals surface area contributed by atoms with Crippen molar-refractivity contribution in [2.75, 3.05) is 0 Å². The Morgan fingerprint density at radius 3 is 2.24 bits per heavy atom. The fourth-order valence-corrected chi connectivity index (χ4v) is 3.23. The molecule has 1 heteroatoms. The van der Waals surface area contributed by atoms with Crippen LogP contribution in [0.2, 0.25) is 0 Å². The van der Waals surface area contributed by atoms with E-state index in [1.54, 1.807) is 0 Å². The third-order valence-electron chi connectivity index (χ3n) is 4.47. The molecule has 3 rings (SSSR count). The molecule has 21 heavy (non-hydrogen) atoms. The van der Waals surface area contributed by atoms with Crippen molar-refractivity contribution in [1.29, 1.82) is 0 Å². The summed E-state index contributed by atoms with van der Waals surface area (Å²) >= 11 is 0. The van der Waals surface area contributed by atoms with E-state index in [1.165, 1.54) is 29.5 Å². The number of carbonyl (C=O) groups is 1. The summed E-state index contributed by atoms with van der Waals surface area (Å²) < 4.78 is 0. The van der Waals surface area contributed by atoms with Crippen LogP contribution < -0.4 is 0 Å². The molecule has 0 amide bonds. The van der Waals surface area contributed by atoms with Gasteiger partial charge in [0.05, 0.1) is 0 Å². The van der Waals surface area contributed by atoms with Crippen LogP contribution in [0.1, 0.15) is 50.0 Å². The van der Waals surface area contributed by atoms with Gasteiger partial charge in [0.25, 0.3) is 0 Å². The average molecular weight is 278 g/mol. The van der Waals surface area contributed by atoms with Gasteiger partial charge in [-0.15, -0.1) is 0 Å². The Bertz CT molecular complexity index is 583. The summed E-state index contributed by atoms with van der Waals surface area (Å²) in [5, 5.41) is 0. The first-order valence-corrected chi connectivity index (χ1v) is 8.00. The first kappa shape index (κ1) is 14.1. The van der Waals surface area contributed by atoms with Crippen LogP contribution in [0.15, 0.2) is 54.6 Å². The highest BCUT2D eigenvalue weighted by Gasteiger charge is 2.18. The molecule has 0 spiro atoms. The number of benzene rings is 2. The number of rotatable bonds is 2. The Hall–Kier alpha value is -1.89. The highest BCUT2D eigenvalue weighted by Crippen LogP contribution is 2.31. The predicted molar refractivity (Wildman–Crippen MR) is 87.3 cm³/mol. The monoisotopic (exact) mass is 278 g/mol. The van der Waals surface area contributed by atoms with Gasteiger partial charge >= 0.3 is 0 Å². The van der Waals surface area contributed by atoms with E-state index in [0.29, 0.717) is 11.7 Å². The normalized spacial score (nSPS) is 19.8. The minimum atomic E-state index is 0.419. The van der Waals surface area contributed by atoms with Crippen molar-refractivity contribution in [3.63, 3.8) is 0 Å². The molecule has 1 saturated carbocycles. The van der Waals surface area contributed by atoms with Crippen molar-refractivity contribution in [3.8, 4) is 11.1 Å². The van der Waals surface area contributed by atoms with Gasteiger partial charge in [0.15, 0.2) is 0 Å². The lowest BCUT2D eigenvalue weighted by molar-refractivity contribution is -0.119. The lowest BCUT2D eigenvalue weighted by atomic mass is 9.85. The maximum Gasteiger partial charge on any atom is 0.133 e. The largest absolute Gasteiger partial charge is 0.300 e. The van der Waals surface area contributed by atoms with Crippen molar-refractivity contribution < 1.29 is 4.79 Å². The molecule has 1 aliphatic rings. The summed E-state index contributed by atoms with van der Waals surface area (Å²) in [6, 6.07) is 19.2. The molecule has 1 fully saturated rings. The molecule has 0 N–H and O–H groups in total. The van der Waals surface area contributed by atoms with Crippen molar-refractivity contribution in [1.82, 2.24) is 0 Å². The van der Waals surface area contributed by atoms with Crippen LogP contribution in [0.5, 0.6) is 0 Å². The first-order valence-electron chi connectivity index (χ1n) is 8.00. The van der Waals surface area contributed by atoms with Gasteiger partial charge in [0.2, 0.25) is 0 Å². The Balaban J connectivity index is 1.78. The van der Waals surface area contributed by atoms with Gasteiger partial charge in [0, 0.05) is 12.8 Å². The topological polar surface area (TPSA) is 17.1 Å². The van der Waals surface area contributed by atoms with Gasteiger partial charge in [-0.25, -0.2) is 0 Å². The SMILES string of the molecule is O=C1CCCCCC(c2ccc(-c3ccccc3)cc2)C1. The summed E-state index contributed by atoms with van der Waals surface area (Å²) in [4.78, 5) is 11.9. The molecular formula is C20H22O. The zero-order valence-electron chi connectivity index (χ0n) is 12.4. The molecule has 1 aliphatic carbocycles. The number of ketones is 1. The van der Waals surface area contributed by atoms with E-state index in [-0.39, 0.29) is 0 Å². The smallest absolute Gasteiger partial charge is 0.133 e. The van der Waals surface area contributed by atoms with E-state index in [4.69, 9.17) is 0 Å². The summed E-state index contributed by atoms with van der Waals surface area (Å²) in [7, 11) is 0. The van der Waals surface area contributed by atoms with E-state index < -0.39 is 0 Å². The lowest BCUT2D eigenvalue weighted by Crippen LogP contribution is -2.10. The maximum absolute atomic E-state index is 11.9. The molecule has 0 aromatic heterocycles.